The number of hydrogen-bond acceptors (Lipinski definition) is 7. The third kappa shape index (κ3) is 4.00. The van der Waals surface area contributed by atoms with Gasteiger partial charge in [-0.05, 0) is 12.1 Å². The van der Waals surface area contributed by atoms with Crippen LogP contribution in [-0.4, -0.2) is 58.5 Å². The van der Waals surface area contributed by atoms with Crippen LogP contribution < -0.4 is 15.4 Å². The number of benzene rings is 1. The van der Waals surface area contributed by atoms with Gasteiger partial charge in [-0.2, -0.15) is 8.78 Å². The van der Waals surface area contributed by atoms with Crippen molar-refractivity contribution in [3.05, 3.63) is 47.7 Å². The molecule has 3 N–H and O–H groups in total. The average molecular weight is 452 g/mol. The number of aromatic nitrogens is 1. The first-order valence-corrected chi connectivity index (χ1v) is 9.70. The van der Waals surface area contributed by atoms with Gasteiger partial charge in [-0.15, -0.1) is 0 Å². The van der Waals surface area contributed by atoms with Crippen molar-refractivity contribution in [3.8, 4) is 5.75 Å². The highest BCUT2D eigenvalue weighted by molar-refractivity contribution is 5.97. The maximum Gasteiger partial charge on any atom is 0.387 e. The molecule has 4 rings (SSSR count). The number of ether oxygens (including phenoxy) is 2. The van der Waals surface area contributed by atoms with Crippen molar-refractivity contribution < 1.29 is 37.3 Å². The number of alkyl halides is 2. The summed E-state index contributed by atoms with van der Waals surface area (Å²) < 4.78 is 48.3. The summed E-state index contributed by atoms with van der Waals surface area (Å²) in [6.07, 6.45) is 2.89. The summed E-state index contributed by atoms with van der Waals surface area (Å²) in [5.41, 5.74) is 0.327. The number of carboxylic acids is 1. The second-order valence-corrected chi connectivity index (χ2v) is 7.37. The average Bonchev–Trinajstić information content (AvgIpc) is 3.16. The number of halogens is 3. The van der Waals surface area contributed by atoms with Crippen molar-refractivity contribution >= 4 is 22.8 Å². The van der Waals surface area contributed by atoms with Crippen molar-refractivity contribution in [2.75, 3.05) is 13.1 Å². The molecular formula is C20H19F3N4O5. The van der Waals surface area contributed by atoms with Gasteiger partial charge in [0.05, 0.1) is 17.1 Å². The summed E-state index contributed by atoms with van der Waals surface area (Å²) in [5, 5.41) is 15.0. The van der Waals surface area contributed by atoms with Gasteiger partial charge in [-0.1, -0.05) is 6.92 Å². The molecule has 1 atom stereocenters. The summed E-state index contributed by atoms with van der Waals surface area (Å²) >= 11 is 0. The molecule has 2 aliphatic heterocycles. The molecule has 1 saturated heterocycles. The summed E-state index contributed by atoms with van der Waals surface area (Å²) in [7, 11) is 0. The van der Waals surface area contributed by atoms with Gasteiger partial charge in [0.1, 0.15) is 6.26 Å². The molecule has 9 nitrogen and oxygen atoms in total. The van der Waals surface area contributed by atoms with Crippen LogP contribution in [0.25, 0.3) is 10.9 Å². The van der Waals surface area contributed by atoms with Crippen LogP contribution in [0.1, 0.15) is 23.7 Å². The molecule has 2 aromatic rings. The number of carboxylic acid groups (broad SMARTS) is 1. The van der Waals surface area contributed by atoms with Gasteiger partial charge in [0.15, 0.2) is 17.3 Å². The quantitative estimate of drug-likeness (QED) is 0.585. The van der Waals surface area contributed by atoms with Gasteiger partial charge >= 0.3 is 12.6 Å². The minimum Gasteiger partial charge on any atom is -0.476 e. The molecule has 1 fully saturated rings. The fourth-order valence-electron chi connectivity index (χ4n) is 3.65. The van der Waals surface area contributed by atoms with Gasteiger partial charge in [-0.25, -0.2) is 14.1 Å². The number of nitrogens with zero attached hydrogens (tertiary/aromatic N) is 2. The SMILES string of the molecule is CCC1(N2CC(NC(=O)c3cnc4cc(OC(F)F)c(F)cc4c3)C2)NC(C(=O)O)=CO1. The number of hydrogen-bond donors (Lipinski definition) is 3. The number of aliphatic carboxylic acids is 1. The number of nitrogens with one attached hydrogen (secondary N) is 2. The molecule has 170 valence electrons. The smallest absolute Gasteiger partial charge is 0.387 e. The Hall–Kier alpha value is -3.54. The van der Waals surface area contributed by atoms with E-state index in [1.807, 2.05) is 11.8 Å². The van der Waals surface area contributed by atoms with Gasteiger partial charge in [0, 0.05) is 37.2 Å². The van der Waals surface area contributed by atoms with E-state index >= 15 is 0 Å². The zero-order chi connectivity index (χ0) is 23.0. The van der Waals surface area contributed by atoms with E-state index in [0.29, 0.717) is 19.5 Å². The lowest BCUT2D eigenvalue weighted by molar-refractivity contribution is -0.157. The molecular weight excluding hydrogens is 433 g/mol. The topological polar surface area (TPSA) is 113 Å². The molecule has 3 heterocycles. The van der Waals surface area contributed by atoms with Crippen LogP contribution in [0, 0.1) is 5.82 Å². The van der Waals surface area contributed by atoms with Crippen LogP contribution in [0.3, 0.4) is 0 Å². The Bertz CT molecular complexity index is 1110. The van der Waals surface area contributed by atoms with E-state index in [1.54, 1.807) is 0 Å². The predicted molar refractivity (Wildman–Crippen MR) is 104 cm³/mol. The highest BCUT2D eigenvalue weighted by atomic mass is 19.3. The lowest BCUT2D eigenvalue weighted by Crippen LogP contribution is -2.70. The standard InChI is InChI=1S/C20H19F3N4O5/c1-2-20(26-15(9-31-20)18(29)30)27-7-12(8-27)25-17(28)11-3-10-4-13(21)16(32-19(22)23)5-14(10)24-6-11/h3-6,9,12,19,26H,2,7-8H2,1H3,(H,25,28)(H,29,30). The van der Waals surface area contributed by atoms with Crippen molar-refractivity contribution in [1.82, 2.24) is 20.5 Å². The fraction of sp³-hybridized carbons (Fsp3) is 0.350. The lowest BCUT2D eigenvalue weighted by Gasteiger charge is -2.49. The number of carbonyl (C=O) groups is 2. The van der Waals surface area contributed by atoms with Crippen molar-refractivity contribution in [3.63, 3.8) is 0 Å². The summed E-state index contributed by atoms with van der Waals surface area (Å²) in [5.74, 6) is -4.16. The van der Waals surface area contributed by atoms with Gasteiger partial charge < -0.3 is 25.2 Å². The third-order valence-corrected chi connectivity index (χ3v) is 5.35. The first kappa shape index (κ1) is 21.7. The van der Waals surface area contributed by atoms with Crippen molar-refractivity contribution in [2.45, 2.75) is 31.8 Å². The maximum atomic E-state index is 14.0. The Balaban J connectivity index is 1.39. The fourth-order valence-corrected chi connectivity index (χ4v) is 3.65. The third-order valence-electron chi connectivity index (χ3n) is 5.35. The van der Waals surface area contributed by atoms with Crippen LogP contribution >= 0.6 is 0 Å². The maximum absolute atomic E-state index is 14.0. The summed E-state index contributed by atoms with van der Waals surface area (Å²) in [4.78, 5) is 29.6. The Morgan fingerprint density at radius 1 is 1.41 bits per heavy atom. The molecule has 12 heteroatoms. The van der Waals surface area contributed by atoms with Crippen LogP contribution in [0.2, 0.25) is 0 Å². The van der Waals surface area contributed by atoms with Gasteiger partial charge in [0.25, 0.3) is 5.91 Å². The molecule has 0 aliphatic carbocycles. The first-order chi connectivity index (χ1) is 15.2. The van der Waals surface area contributed by atoms with Crippen LogP contribution in [0.15, 0.2) is 36.4 Å². The zero-order valence-corrected chi connectivity index (χ0v) is 16.8. The van der Waals surface area contributed by atoms with Gasteiger partial charge in [-0.3, -0.25) is 9.78 Å². The Morgan fingerprint density at radius 2 is 2.16 bits per heavy atom. The van der Waals surface area contributed by atoms with E-state index < -0.39 is 35.9 Å². The molecule has 0 radical (unpaired) electrons. The number of fused-ring (bicyclic) bond motifs is 1. The second kappa shape index (κ2) is 8.19. The largest absolute Gasteiger partial charge is 0.476 e. The van der Waals surface area contributed by atoms with Crippen molar-refractivity contribution in [1.29, 1.82) is 0 Å². The second-order valence-electron chi connectivity index (χ2n) is 7.37. The Morgan fingerprint density at radius 3 is 2.78 bits per heavy atom. The Labute approximate surface area is 179 Å². The highest BCUT2D eigenvalue weighted by Crippen LogP contribution is 2.30. The molecule has 0 spiro atoms. The first-order valence-electron chi connectivity index (χ1n) is 9.70. The number of pyridine rings is 1. The monoisotopic (exact) mass is 452 g/mol. The number of carbonyl (C=O) groups excluding carboxylic acids is 1. The van der Waals surface area contributed by atoms with Crippen LogP contribution in [0.5, 0.6) is 5.75 Å². The Kier molecular flexibility index (Phi) is 5.55. The normalized spacial score (nSPS) is 21.0. The van der Waals surface area contributed by atoms with Crippen LogP contribution in [0.4, 0.5) is 13.2 Å². The van der Waals surface area contributed by atoms with E-state index in [4.69, 9.17) is 9.84 Å². The van der Waals surface area contributed by atoms with E-state index in [0.717, 1.165) is 18.4 Å². The minimum absolute atomic E-state index is 0.0455. The molecule has 0 saturated carbocycles. The number of likely N-dealkylation sites (tertiary alicyclic amines) is 1. The van der Waals surface area contributed by atoms with E-state index in [1.165, 1.54) is 12.3 Å². The molecule has 2 aliphatic rings. The van der Waals surface area contributed by atoms with Gasteiger partial charge in [0.2, 0.25) is 5.85 Å². The summed E-state index contributed by atoms with van der Waals surface area (Å²) in [6.45, 7) is -0.499. The van der Waals surface area contributed by atoms with E-state index in [9.17, 15) is 22.8 Å². The predicted octanol–water partition coefficient (Wildman–Crippen LogP) is 2.00. The van der Waals surface area contributed by atoms with E-state index in [-0.39, 0.29) is 28.2 Å². The molecule has 1 unspecified atom stereocenters. The molecule has 1 aromatic carbocycles. The lowest BCUT2D eigenvalue weighted by atomic mass is 10.0. The molecule has 1 amide bonds. The summed E-state index contributed by atoms with van der Waals surface area (Å²) in [6, 6.07) is 3.20. The van der Waals surface area contributed by atoms with Crippen LogP contribution in [-0.2, 0) is 9.53 Å². The van der Waals surface area contributed by atoms with Crippen molar-refractivity contribution in [2.24, 2.45) is 0 Å². The highest BCUT2D eigenvalue weighted by Gasteiger charge is 2.48. The molecule has 32 heavy (non-hydrogen) atoms. The molecule has 1 aromatic heterocycles. The number of rotatable bonds is 7. The zero-order valence-electron chi connectivity index (χ0n) is 16.8. The number of amides is 1. The molecule has 0 bridgehead atoms. The minimum atomic E-state index is -3.17. The van der Waals surface area contributed by atoms with E-state index in [2.05, 4.69) is 20.4 Å².